The number of thiophene rings is 1. The zero-order valence-corrected chi connectivity index (χ0v) is 16.8. The molecule has 0 aliphatic carbocycles. The minimum atomic E-state index is 0. The average molecular weight is 406 g/mol. The monoisotopic (exact) mass is 405 g/mol. The minimum Gasteiger partial charge on any atom is -0.334 e. The molecule has 132 valence electrons. The Bertz CT molecular complexity index is 716. The van der Waals surface area contributed by atoms with Gasteiger partial charge in [0, 0.05) is 19.1 Å². The molecule has 2 aromatic rings. The number of hydrogen-bond donors (Lipinski definition) is 1. The Labute approximate surface area is 161 Å². The highest BCUT2D eigenvalue weighted by molar-refractivity contribution is 7.24. The summed E-state index contributed by atoms with van der Waals surface area (Å²) >= 11 is 8.93. The van der Waals surface area contributed by atoms with Crippen LogP contribution in [-0.2, 0) is 0 Å². The zero-order chi connectivity index (χ0) is 16.6. The Kier molecular flexibility index (Phi) is 6.67. The number of hydrogen-bond acceptors (Lipinski definition) is 5. The predicted molar refractivity (Wildman–Crippen MR) is 105 cm³/mol. The largest absolute Gasteiger partial charge is 0.334 e. The first-order chi connectivity index (χ1) is 11.0. The average Bonchev–Trinajstić information content (AvgIpc) is 3.12. The molecule has 2 aromatic heterocycles. The molecular weight excluding hydrogens is 385 g/mol. The molecule has 2 atom stereocenters. The second kappa shape index (κ2) is 8.15. The number of nitrogens with zero attached hydrogens (tertiary/aromatic N) is 2. The van der Waals surface area contributed by atoms with Crippen molar-refractivity contribution in [3.05, 3.63) is 27.0 Å². The highest BCUT2D eigenvalue weighted by atomic mass is 35.5. The third-order valence-corrected chi connectivity index (χ3v) is 6.83. The van der Waals surface area contributed by atoms with E-state index in [1.54, 1.807) is 0 Å². The molecule has 1 aliphatic heterocycles. The maximum absolute atomic E-state index is 13.0. The number of piperidine rings is 1. The standard InChI is InChI=1S/C16H20ClN3OS2.ClH/c1-9-5-6-20(11(7-9)8-18)16(21)14-10(2)19-15(23-14)12-3-4-13(17)22-12;/h3-4,9,11H,5-8,18H2,1-2H3;1H. The van der Waals surface area contributed by atoms with Gasteiger partial charge < -0.3 is 10.6 Å². The number of thiazole rings is 1. The SMILES string of the molecule is Cc1nc(-c2ccc(Cl)s2)sc1C(=O)N1CCC(C)CC1CN.Cl. The summed E-state index contributed by atoms with van der Waals surface area (Å²) < 4.78 is 0.731. The Morgan fingerprint density at radius 2 is 2.21 bits per heavy atom. The lowest BCUT2D eigenvalue weighted by Gasteiger charge is -2.37. The van der Waals surface area contributed by atoms with Crippen LogP contribution in [0.1, 0.15) is 35.1 Å². The van der Waals surface area contributed by atoms with Crippen molar-refractivity contribution in [3.63, 3.8) is 0 Å². The first kappa shape index (κ1) is 19.7. The van der Waals surface area contributed by atoms with Gasteiger partial charge in [-0.05, 0) is 37.8 Å². The molecule has 2 N–H and O–H groups in total. The van der Waals surface area contributed by atoms with Crippen molar-refractivity contribution < 1.29 is 4.79 Å². The number of aryl methyl sites for hydroxylation is 1. The minimum absolute atomic E-state index is 0. The van der Waals surface area contributed by atoms with Crippen LogP contribution in [0.2, 0.25) is 4.34 Å². The summed E-state index contributed by atoms with van der Waals surface area (Å²) in [5.74, 6) is 0.690. The van der Waals surface area contributed by atoms with E-state index >= 15 is 0 Å². The fourth-order valence-electron chi connectivity index (χ4n) is 3.00. The molecule has 4 nitrogen and oxygen atoms in total. The zero-order valence-electron chi connectivity index (χ0n) is 13.6. The van der Waals surface area contributed by atoms with E-state index < -0.39 is 0 Å². The molecule has 1 amide bonds. The maximum Gasteiger partial charge on any atom is 0.266 e. The Morgan fingerprint density at radius 3 is 2.83 bits per heavy atom. The smallest absolute Gasteiger partial charge is 0.266 e. The van der Waals surface area contributed by atoms with Gasteiger partial charge in [0.25, 0.3) is 5.91 Å². The van der Waals surface area contributed by atoms with Crippen molar-refractivity contribution in [2.24, 2.45) is 11.7 Å². The van der Waals surface area contributed by atoms with Crippen LogP contribution in [0.4, 0.5) is 0 Å². The molecule has 24 heavy (non-hydrogen) atoms. The fraction of sp³-hybridized carbons (Fsp3) is 0.500. The third kappa shape index (κ3) is 3.94. The van der Waals surface area contributed by atoms with Gasteiger partial charge in [-0.15, -0.1) is 35.1 Å². The molecule has 0 radical (unpaired) electrons. The van der Waals surface area contributed by atoms with Gasteiger partial charge in [0.05, 0.1) is 14.9 Å². The number of nitrogens with two attached hydrogens (primary N) is 1. The lowest BCUT2D eigenvalue weighted by molar-refractivity contribution is 0.0577. The summed E-state index contributed by atoms with van der Waals surface area (Å²) in [7, 11) is 0. The van der Waals surface area contributed by atoms with E-state index in [9.17, 15) is 4.79 Å². The second-order valence-corrected chi connectivity index (χ2v) is 8.77. The molecule has 1 fully saturated rings. The third-order valence-electron chi connectivity index (χ3n) is 4.29. The van der Waals surface area contributed by atoms with Crippen molar-refractivity contribution in [3.8, 4) is 9.88 Å². The Morgan fingerprint density at radius 1 is 1.46 bits per heavy atom. The van der Waals surface area contributed by atoms with Gasteiger partial charge >= 0.3 is 0 Å². The van der Waals surface area contributed by atoms with Gasteiger partial charge in [0.1, 0.15) is 9.88 Å². The van der Waals surface area contributed by atoms with E-state index in [4.69, 9.17) is 17.3 Å². The number of aromatic nitrogens is 1. The van der Waals surface area contributed by atoms with Crippen molar-refractivity contribution in [2.75, 3.05) is 13.1 Å². The molecule has 0 bridgehead atoms. The molecule has 2 unspecified atom stereocenters. The number of carbonyl (C=O) groups is 1. The van der Waals surface area contributed by atoms with Gasteiger partial charge in [-0.2, -0.15) is 0 Å². The summed E-state index contributed by atoms with van der Waals surface area (Å²) in [6.45, 7) is 5.41. The Hall–Kier alpha value is -0.660. The van der Waals surface area contributed by atoms with Gasteiger partial charge in [-0.3, -0.25) is 4.79 Å². The summed E-state index contributed by atoms with van der Waals surface area (Å²) in [5, 5.41) is 0.859. The highest BCUT2D eigenvalue weighted by Crippen LogP contribution is 2.36. The van der Waals surface area contributed by atoms with Crippen LogP contribution in [0, 0.1) is 12.8 Å². The van der Waals surface area contributed by atoms with E-state index in [2.05, 4.69) is 11.9 Å². The van der Waals surface area contributed by atoms with Crippen LogP contribution in [0.3, 0.4) is 0 Å². The molecule has 0 saturated carbocycles. The van der Waals surface area contributed by atoms with Crippen LogP contribution in [0.25, 0.3) is 9.88 Å². The van der Waals surface area contributed by atoms with Gasteiger partial charge in [0.2, 0.25) is 0 Å². The van der Waals surface area contributed by atoms with Crippen molar-refractivity contribution >= 4 is 52.6 Å². The fourth-order valence-corrected chi connectivity index (χ4v) is 5.12. The summed E-state index contributed by atoms with van der Waals surface area (Å²) in [5.41, 5.74) is 6.68. The molecule has 0 spiro atoms. The molecule has 1 saturated heterocycles. The van der Waals surface area contributed by atoms with Crippen LogP contribution in [0.5, 0.6) is 0 Å². The van der Waals surface area contributed by atoms with E-state index in [1.807, 2.05) is 24.0 Å². The van der Waals surface area contributed by atoms with Gasteiger partial charge in [-0.25, -0.2) is 4.98 Å². The quantitative estimate of drug-likeness (QED) is 0.819. The van der Waals surface area contributed by atoms with E-state index in [0.29, 0.717) is 12.5 Å². The first-order valence-electron chi connectivity index (χ1n) is 7.73. The second-order valence-electron chi connectivity index (χ2n) is 6.05. The van der Waals surface area contributed by atoms with Crippen LogP contribution >= 0.6 is 46.7 Å². The number of carbonyl (C=O) groups excluding carboxylic acids is 1. The lowest BCUT2D eigenvalue weighted by Crippen LogP contribution is -2.49. The van der Waals surface area contributed by atoms with Gasteiger partial charge in [0.15, 0.2) is 0 Å². The normalized spacial score (nSPS) is 20.8. The molecule has 3 heterocycles. The highest BCUT2D eigenvalue weighted by Gasteiger charge is 2.31. The van der Waals surface area contributed by atoms with E-state index in [-0.39, 0.29) is 24.4 Å². The lowest BCUT2D eigenvalue weighted by atomic mass is 9.92. The summed E-state index contributed by atoms with van der Waals surface area (Å²) in [6.07, 6.45) is 2.01. The van der Waals surface area contributed by atoms with Crippen molar-refractivity contribution in [2.45, 2.75) is 32.7 Å². The van der Waals surface area contributed by atoms with Crippen molar-refractivity contribution in [1.82, 2.24) is 9.88 Å². The summed E-state index contributed by atoms with van der Waals surface area (Å²) in [4.78, 5) is 21.2. The Balaban J connectivity index is 0.00000208. The predicted octanol–water partition coefficient (Wildman–Crippen LogP) is 4.45. The van der Waals surface area contributed by atoms with Crippen LogP contribution in [0.15, 0.2) is 12.1 Å². The van der Waals surface area contributed by atoms with E-state index in [1.165, 1.54) is 22.7 Å². The number of likely N-dealkylation sites (tertiary alicyclic amines) is 1. The van der Waals surface area contributed by atoms with Gasteiger partial charge in [-0.1, -0.05) is 18.5 Å². The van der Waals surface area contributed by atoms with Crippen LogP contribution in [-0.4, -0.2) is 34.9 Å². The number of amides is 1. The topological polar surface area (TPSA) is 59.2 Å². The molecular formula is C16H21Cl2N3OS2. The number of halogens is 2. The van der Waals surface area contributed by atoms with Crippen molar-refractivity contribution in [1.29, 1.82) is 0 Å². The van der Waals surface area contributed by atoms with E-state index in [0.717, 1.165) is 44.2 Å². The first-order valence-corrected chi connectivity index (χ1v) is 9.75. The summed E-state index contributed by atoms with van der Waals surface area (Å²) in [6, 6.07) is 3.94. The maximum atomic E-state index is 13.0. The molecule has 3 rings (SSSR count). The molecule has 0 aromatic carbocycles. The number of rotatable bonds is 3. The molecule has 8 heteroatoms. The molecule has 1 aliphatic rings. The van der Waals surface area contributed by atoms with Crippen LogP contribution < -0.4 is 5.73 Å².